The average Bonchev–Trinajstić information content (AvgIpc) is 2.54. The van der Waals surface area contributed by atoms with Crippen LogP contribution in [0.5, 0.6) is 0 Å². The highest BCUT2D eigenvalue weighted by atomic mass is 35.5. The standard InChI is InChI=1S/C16H23ClFN3O3S/c1-25(23,24)21(13-7-8-15(18)14(17)11-13)10-9-19-16(22)20-12-5-3-2-4-6-12/h7-8,11-12H,2-6,9-10H2,1H3,(H2,19,20,22). The Kier molecular flexibility index (Phi) is 6.89. The normalized spacial score (nSPS) is 15.6. The van der Waals surface area contributed by atoms with Gasteiger partial charge >= 0.3 is 6.03 Å². The van der Waals surface area contributed by atoms with Gasteiger partial charge < -0.3 is 10.6 Å². The van der Waals surface area contributed by atoms with E-state index in [1.165, 1.54) is 18.6 Å². The van der Waals surface area contributed by atoms with E-state index in [4.69, 9.17) is 11.6 Å². The molecule has 6 nitrogen and oxygen atoms in total. The van der Waals surface area contributed by atoms with E-state index in [1.54, 1.807) is 0 Å². The molecule has 1 fully saturated rings. The number of carbonyl (C=O) groups excluding carboxylic acids is 1. The van der Waals surface area contributed by atoms with Gasteiger partial charge in [0.15, 0.2) is 0 Å². The molecule has 0 unspecified atom stereocenters. The molecular formula is C16H23ClFN3O3S. The predicted octanol–water partition coefficient (Wildman–Crippen LogP) is 2.88. The van der Waals surface area contributed by atoms with Crippen LogP contribution < -0.4 is 14.9 Å². The third-order valence-electron chi connectivity index (χ3n) is 4.13. The van der Waals surface area contributed by atoms with Crippen molar-refractivity contribution in [3.8, 4) is 0 Å². The summed E-state index contributed by atoms with van der Waals surface area (Å²) in [7, 11) is -3.59. The minimum Gasteiger partial charge on any atom is -0.336 e. The maximum atomic E-state index is 13.3. The van der Waals surface area contributed by atoms with Gasteiger partial charge in [-0.3, -0.25) is 4.31 Å². The van der Waals surface area contributed by atoms with Crippen LogP contribution >= 0.6 is 11.6 Å². The van der Waals surface area contributed by atoms with E-state index in [0.717, 1.165) is 42.3 Å². The first-order chi connectivity index (χ1) is 11.8. The lowest BCUT2D eigenvalue weighted by Crippen LogP contribution is -2.45. The summed E-state index contributed by atoms with van der Waals surface area (Å²) in [4.78, 5) is 11.9. The van der Waals surface area contributed by atoms with Gasteiger partial charge in [-0.25, -0.2) is 17.6 Å². The van der Waals surface area contributed by atoms with Gasteiger partial charge in [-0.2, -0.15) is 0 Å². The van der Waals surface area contributed by atoms with Crippen LogP contribution in [0.1, 0.15) is 32.1 Å². The van der Waals surface area contributed by atoms with Gasteiger partial charge in [0.1, 0.15) is 5.82 Å². The molecule has 0 saturated heterocycles. The Bertz CT molecular complexity index is 709. The highest BCUT2D eigenvalue weighted by Gasteiger charge is 2.19. The maximum Gasteiger partial charge on any atom is 0.315 e. The Hall–Kier alpha value is -1.54. The van der Waals surface area contributed by atoms with Gasteiger partial charge in [-0.05, 0) is 31.0 Å². The summed E-state index contributed by atoms with van der Waals surface area (Å²) in [5.74, 6) is -0.621. The van der Waals surface area contributed by atoms with Crippen molar-refractivity contribution < 1.29 is 17.6 Å². The lowest BCUT2D eigenvalue weighted by atomic mass is 9.96. The minimum absolute atomic E-state index is 0.0267. The zero-order valence-electron chi connectivity index (χ0n) is 14.1. The zero-order chi connectivity index (χ0) is 18.4. The van der Waals surface area contributed by atoms with Gasteiger partial charge in [0.25, 0.3) is 0 Å². The molecule has 25 heavy (non-hydrogen) atoms. The fourth-order valence-corrected chi connectivity index (χ4v) is 3.98. The molecule has 2 amide bonds. The number of carbonyl (C=O) groups is 1. The molecule has 1 saturated carbocycles. The molecule has 1 aliphatic rings. The van der Waals surface area contributed by atoms with E-state index in [0.29, 0.717) is 0 Å². The van der Waals surface area contributed by atoms with Crippen LogP contribution in [0, 0.1) is 5.82 Å². The van der Waals surface area contributed by atoms with Gasteiger partial charge in [0.05, 0.1) is 23.5 Å². The zero-order valence-corrected chi connectivity index (χ0v) is 15.7. The van der Waals surface area contributed by atoms with E-state index in [1.807, 2.05) is 0 Å². The van der Waals surface area contributed by atoms with Crippen molar-refractivity contribution in [3.63, 3.8) is 0 Å². The Morgan fingerprint density at radius 2 is 2.00 bits per heavy atom. The lowest BCUT2D eigenvalue weighted by molar-refractivity contribution is 0.233. The summed E-state index contributed by atoms with van der Waals surface area (Å²) in [5, 5.41) is 5.41. The molecule has 0 atom stereocenters. The van der Waals surface area contributed by atoms with Crippen LogP contribution in [0.2, 0.25) is 5.02 Å². The van der Waals surface area contributed by atoms with Crippen molar-refractivity contribution in [1.29, 1.82) is 0 Å². The maximum absolute atomic E-state index is 13.3. The number of hydrogen-bond acceptors (Lipinski definition) is 3. The molecule has 2 rings (SSSR count). The van der Waals surface area contributed by atoms with Crippen LogP contribution in [0.3, 0.4) is 0 Å². The second-order valence-electron chi connectivity index (χ2n) is 6.17. The van der Waals surface area contributed by atoms with Gasteiger partial charge in [-0.1, -0.05) is 30.9 Å². The first kappa shape index (κ1) is 19.8. The smallest absolute Gasteiger partial charge is 0.315 e. The molecule has 0 aliphatic heterocycles. The number of rotatable bonds is 6. The summed E-state index contributed by atoms with van der Waals surface area (Å²) in [5.41, 5.74) is 0.253. The Morgan fingerprint density at radius 1 is 1.32 bits per heavy atom. The molecule has 0 radical (unpaired) electrons. The number of nitrogens with zero attached hydrogens (tertiary/aromatic N) is 1. The van der Waals surface area contributed by atoms with Crippen molar-refractivity contribution in [1.82, 2.24) is 10.6 Å². The lowest BCUT2D eigenvalue weighted by Gasteiger charge is -2.25. The van der Waals surface area contributed by atoms with E-state index in [-0.39, 0.29) is 35.9 Å². The van der Waals surface area contributed by atoms with Crippen LogP contribution in [-0.2, 0) is 10.0 Å². The largest absolute Gasteiger partial charge is 0.336 e. The molecule has 1 aromatic rings. The number of anilines is 1. The monoisotopic (exact) mass is 391 g/mol. The summed E-state index contributed by atoms with van der Waals surface area (Å²) in [6, 6.07) is 3.57. The molecular weight excluding hydrogens is 369 g/mol. The molecule has 1 aromatic carbocycles. The predicted molar refractivity (Wildman–Crippen MR) is 97.0 cm³/mol. The second kappa shape index (κ2) is 8.71. The van der Waals surface area contributed by atoms with Crippen LogP contribution in [0.25, 0.3) is 0 Å². The van der Waals surface area contributed by atoms with E-state index in [9.17, 15) is 17.6 Å². The SMILES string of the molecule is CS(=O)(=O)N(CCNC(=O)NC1CCCCC1)c1ccc(F)c(Cl)c1. The van der Waals surface area contributed by atoms with Crippen LogP contribution in [0.4, 0.5) is 14.9 Å². The molecule has 0 bridgehead atoms. The summed E-state index contributed by atoms with van der Waals surface area (Å²) in [6.07, 6.45) is 6.40. The molecule has 0 spiro atoms. The topological polar surface area (TPSA) is 78.5 Å². The number of sulfonamides is 1. The summed E-state index contributed by atoms with van der Waals surface area (Å²) in [6.45, 7) is 0.152. The number of nitrogens with one attached hydrogen (secondary N) is 2. The third-order valence-corrected chi connectivity index (χ3v) is 5.62. The fraction of sp³-hybridized carbons (Fsp3) is 0.562. The van der Waals surface area contributed by atoms with Crippen molar-refractivity contribution in [3.05, 3.63) is 29.0 Å². The number of benzene rings is 1. The van der Waals surface area contributed by atoms with Gasteiger partial charge in [-0.15, -0.1) is 0 Å². The van der Waals surface area contributed by atoms with Crippen LogP contribution in [-0.4, -0.2) is 39.8 Å². The Morgan fingerprint density at radius 3 is 2.60 bits per heavy atom. The summed E-state index contributed by atoms with van der Waals surface area (Å²) < 4.78 is 38.3. The highest BCUT2D eigenvalue weighted by molar-refractivity contribution is 7.92. The van der Waals surface area contributed by atoms with Gasteiger partial charge in [0.2, 0.25) is 10.0 Å². The first-order valence-electron chi connectivity index (χ1n) is 8.24. The van der Waals surface area contributed by atoms with E-state index < -0.39 is 15.8 Å². The molecule has 9 heteroatoms. The number of hydrogen-bond donors (Lipinski definition) is 2. The number of halogens is 2. The van der Waals surface area contributed by atoms with Crippen molar-refractivity contribution >= 4 is 33.3 Å². The molecule has 1 aliphatic carbocycles. The Labute approximate surface area is 152 Å². The van der Waals surface area contributed by atoms with Gasteiger partial charge in [0, 0.05) is 12.6 Å². The van der Waals surface area contributed by atoms with Crippen LogP contribution in [0.15, 0.2) is 18.2 Å². The third kappa shape index (κ3) is 6.04. The number of amides is 2. The summed E-state index contributed by atoms with van der Waals surface area (Å²) >= 11 is 5.72. The molecule has 0 aromatic heterocycles. The average molecular weight is 392 g/mol. The quantitative estimate of drug-likeness (QED) is 0.782. The molecule has 0 heterocycles. The fourth-order valence-electron chi connectivity index (χ4n) is 2.88. The minimum atomic E-state index is -3.59. The first-order valence-corrected chi connectivity index (χ1v) is 10.5. The highest BCUT2D eigenvalue weighted by Crippen LogP contribution is 2.24. The molecule has 2 N–H and O–H groups in total. The van der Waals surface area contributed by atoms with Crippen molar-refractivity contribution in [2.24, 2.45) is 0 Å². The Balaban J connectivity index is 1.92. The van der Waals surface area contributed by atoms with Crippen molar-refractivity contribution in [2.45, 2.75) is 38.1 Å². The molecule has 140 valence electrons. The van der Waals surface area contributed by atoms with Crippen molar-refractivity contribution in [2.75, 3.05) is 23.7 Å². The van der Waals surface area contributed by atoms with E-state index in [2.05, 4.69) is 10.6 Å². The second-order valence-corrected chi connectivity index (χ2v) is 8.48. The number of urea groups is 1. The van der Waals surface area contributed by atoms with E-state index >= 15 is 0 Å².